The molecule has 0 heterocycles. The molecule has 1 N–H and O–H groups in total. The fraction of sp³-hybridized carbons (Fsp3) is 0.647. The number of hydrogen-bond donors (Lipinski definition) is 1. The Kier molecular flexibility index (Phi) is 10.4. The molecule has 0 aliphatic rings. The number of hydrogen-bond acceptors (Lipinski definition) is 2. The summed E-state index contributed by atoms with van der Waals surface area (Å²) in [6, 6.07) is 7.53. The van der Waals surface area contributed by atoms with Crippen LogP contribution in [0, 0.1) is 0 Å². The quantitative estimate of drug-likeness (QED) is 0.536. The van der Waals surface area contributed by atoms with E-state index in [0.717, 1.165) is 30.2 Å². The van der Waals surface area contributed by atoms with E-state index < -0.39 is 0 Å². The van der Waals surface area contributed by atoms with Gasteiger partial charge >= 0.3 is 0 Å². The number of aliphatic hydroxyl groups excluding tert-OH is 1. The summed E-state index contributed by atoms with van der Waals surface area (Å²) in [5.41, 5.74) is 0. The van der Waals surface area contributed by atoms with E-state index in [9.17, 15) is 0 Å². The number of aliphatic hydroxyl groups is 1. The highest BCUT2D eigenvalue weighted by Gasteiger charge is 1.95. The Labute approximate surface area is 128 Å². The summed E-state index contributed by atoms with van der Waals surface area (Å²) >= 11 is 5.82. The smallest absolute Gasteiger partial charge is 0.119 e. The summed E-state index contributed by atoms with van der Waals surface area (Å²) in [6.07, 6.45) is 11.0. The predicted octanol–water partition coefficient (Wildman–Crippen LogP) is 5.22. The lowest BCUT2D eigenvalue weighted by Crippen LogP contribution is -1.97. The van der Waals surface area contributed by atoms with Crippen molar-refractivity contribution in [3.63, 3.8) is 0 Å². The minimum atomic E-state index is 0.341. The zero-order valence-corrected chi connectivity index (χ0v) is 13.1. The molecule has 1 rings (SSSR count). The van der Waals surface area contributed by atoms with Gasteiger partial charge in [0.25, 0.3) is 0 Å². The molecule has 0 fully saturated rings. The summed E-state index contributed by atoms with van der Waals surface area (Å²) in [5, 5.41) is 9.41. The van der Waals surface area contributed by atoms with Gasteiger partial charge in [-0.2, -0.15) is 0 Å². The van der Waals surface area contributed by atoms with Crippen LogP contribution in [0.3, 0.4) is 0 Å². The molecule has 1 aromatic rings. The standard InChI is InChI=1S/C17H27ClO2/c18-16-10-12-17(13-11-16)20-15-9-7-5-3-1-2-4-6-8-14-19/h10-13,19H,1-9,14-15H2. The molecule has 0 aliphatic heterocycles. The van der Waals surface area contributed by atoms with Crippen molar-refractivity contribution in [1.29, 1.82) is 0 Å². The maximum Gasteiger partial charge on any atom is 0.119 e. The molecular formula is C17H27ClO2. The van der Waals surface area contributed by atoms with E-state index in [1.807, 2.05) is 24.3 Å². The van der Waals surface area contributed by atoms with Crippen molar-refractivity contribution in [3.8, 4) is 5.75 Å². The van der Waals surface area contributed by atoms with Gasteiger partial charge in [0.1, 0.15) is 5.75 Å². The van der Waals surface area contributed by atoms with Crippen molar-refractivity contribution >= 4 is 11.6 Å². The average Bonchev–Trinajstić information content (AvgIpc) is 2.47. The van der Waals surface area contributed by atoms with Crippen LogP contribution in [0.25, 0.3) is 0 Å². The van der Waals surface area contributed by atoms with E-state index in [4.69, 9.17) is 21.4 Å². The molecule has 0 bridgehead atoms. The summed E-state index contributed by atoms with van der Waals surface area (Å²) in [4.78, 5) is 0. The SMILES string of the molecule is OCCCCCCCCCCCOc1ccc(Cl)cc1. The second-order valence-corrected chi connectivity index (χ2v) is 5.64. The third kappa shape index (κ3) is 9.22. The Morgan fingerprint density at radius 3 is 1.80 bits per heavy atom. The lowest BCUT2D eigenvalue weighted by molar-refractivity contribution is 0.282. The molecule has 0 spiro atoms. The van der Waals surface area contributed by atoms with Crippen molar-refractivity contribution in [2.75, 3.05) is 13.2 Å². The van der Waals surface area contributed by atoms with E-state index in [2.05, 4.69) is 0 Å². The maximum atomic E-state index is 8.67. The molecule has 2 nitrogen and oxygen atoms in total. The lowest BCUT2D eigenvalue weighted by Gasteiger charge is -2.06. The first kappa shape index (κ1) is 17.3. The van der Waals surface area contributed by atoms with Crippen LogP contribution in [0.5, 0.6) is 5.75 Å². The van der Waals surface area contributed by atoms with Crippen LogP contribution >= 0.6 is 11.6 Å². The van der Waals surface area contributed by atoms with Gasteiger partial charge in [-0.25, -0.2) is 0 Å². The second kappa shape index (κ2) is 12.0. The van der Waals surface area contributed by atoms with Crippen molar-refractivity contribution in [2.45, 2.75) is 57.8 Å². The van der Waals surface area contributed by atoms with E-state index in [-0.39, 0.29) is 0 Å². The molecular weight excluding hydrogens is 272 g/mol. The predicted molar refractivity (Wildman–Crippen MR) is 85.6 cm³/mol. The largest absolute Gasteiger partial charge is 0.494 e. The van der Waals surface area contributed by atoms with E-state index >= 15 is 0 Å². The van der Waals surface area contributed by atoms with E-state index in [0.29, 0.717) is 6.61 Å². The molecule has 0 radical (unpaired) electrons. The zero-order chi connectivity index (χ0) is 14.5. The first-order chi connectivity index (χ1) is 9.83. The third-order valence-electron chi connectivity index (χ3n) is 3.38. The third-order valence-corrected chi connectivity index (χ3v) is 3.64. The molecule has 0 saturated heterocycles. The van der Waals surface area contributed by atoms with Crippen LogP contribution in [0.1, 0.15) is 57.8 Å². The Morgan fingerprint density at radius 2 is 1.25 bits per heavy atom. The van der Waals surface area contributed by atoms with E-state index in [1.165, 1.54) is 44.9 Å². The Morgan fingerprint density at radius 1 is 0.750 bits per heavy atom. The molecule has 0 atom stereocenters. The maximum absolute atomic E-state index is 8.67. The molecule has 114 valence electrons. The molecule has 0 unspecified atom stereocenters. The minimum Gasteiger partial charge on any atom is -0.494 e. The van der Waals surface area contributed by atoms with Gasteiger partial charge < -0.3 is 9.84 Å². The van der Waals surface area contributed by atoms with Crippen molar-refractivity contribution in [1.82, 2.24) is 0 Å². The molecule has 1 aromatic carbocycles. The van der Waals surface area contributed by atoms with Gasteiger partial charge in [-0.1, -0.05) is 56.5 Å². The minimum absolute atomic E-state index is 0.341. The van der Waals surface area contributed by atoms with Crippen LogP contribution in [-0.4, -0.2) is 18.3 Å². The molecule has 0 amide bonds. The summed E-state index contributed by atoms with van der Waals surface area (Å²) in [5.74, 6) is 0.901. The van der Waals surface area contributed by atoms with Gasteiger partial charge in [0.05, 0.1) is 6.61 Å². The fourth-order valence-electron chi connectivity index (χ4n) is 2.17. The van der Waals surface area contributed by atoms with Gasteiger partial charge in [0.15, 0.2) is 0 Å². The Hall–Kier alpha value is -0.730. The molecule has 20 heavy (non-hydrogen) atoms. The van der Waals surface area contributed by atoms with Crippen molar-refractivity contribution in [2.24, 2.45) is 0 Å². The van der Waals surface area contributed by atoms with Gasteiger partial charge in [-0.15, -0.1) is 0 Å². The highest BCUT2D eigenvalue weighted by atomic mass is 35.5. The van der Waals surface area contributed by atoms with Gasteiger partial charge in [0.2, 0.25) is 0 Å². The molecule has 0 aromatic heterocycles. The van der Waals surface area contributed by atoms with Gasteiger partial charge in [0, 0.05) is 11.6 Å². The molecule has 0 aliphatic carbocycles. The highest BCUT2D eigenvalue weighted by Crippen LogP contribution is 2.16. The zero-order valence-electron chi connectivity index (χ0n) is 12.3. The normalized spacial score (nSPS) is 10.7. The summed E-state index contributed by atoms with van der Waals surface area (Å²) in [6.45, 7) is 1.13. The van der Waals surface area contributed by atoms with Gasteiger partial charge in [-0.3, -0.25) is 0 Å². The number of unbranched alkanes of at least 4 members (excludes halogenated alkanes) is 8. The van der Waals surface area contributed by atoms with Crippen LogP contribution in [0.2, 0.25) is 5.02 Å². The topological polar surface area (TPSA) is 29.5 Å². The monoisotopic (exact) mass is 298 g/mol. The highest BCUT2D eigenvalue weighted by molar-refractivity contribution is 6.30. The van der Waals surface area contributed by atoms with E-state index in [1.54, 1.807) is 0 Å². The van der Waals surface area contributed by atoms with Crippen LogP contribution < -0.4 is 4.74 Å². The summed E-state index contributed by atoms with van der Waals surface area (Å²) in [7, 11) is 0. The first-order valence-electron chi connectivity index (χ1n) is 7.82. The fourth-order valence-corrected chi connectivity index (χ4v) is 2.30. The Bertz CT molecular complexity index is 324. The number of ether oxygens (including phenoxy) is 1. The van der Waals surface area contributed by atoms with Crippen molar-refractivity contribution < 1.29 is 9.84 Å². The van der Waals surface area contributed by atoms with Crippen LogP contribution in [0.4, 0.5) is 0 Å². The second-order valence-electron chi connectivity index (χ2n) is 5.21. The average molecular weight is 299 g/mol. The summed E-state index contributed by atoms with van der Waals surface area (Å²) < 4.78 is 5.65. The van der Waals surface area contributed by atoms with Crippen molar-refractivity contribution in [3.05, 3.63) is 29.3 Å². The molecule has 3 heteroatoms. The lowest BCUT2D eigenvalue weighted by atomic mass is 10.1. The molecule has 0 saturated carbocycles. The first-order valence-corrected chi connectivity index (χ1v) is 8.20. The van der Waals surface area contributed by atoms with Crippen LogP contribution in [-0.2, 0) is 0 Å². The van der Waals surface area contributed by atoms with Crippen LogP contribution in [0.15, 0.2) is 24.3 Å². The van der Waals surface area contributed by atoms with Gasteiger partial charge in [-0.05, 0) is 37.1 Å². The Balaban J connectivity index is 1.84. The number of rotatable bonds is 12. The number of halogens is 1. The number of benzene rings is 1.